The molecule has 1 aromatic rings. The number of nitrogens with zero attached hydrogens (tertiary/aromatic N) is 1. The van der Waals surface area contributed by atoms with Crippen LogP contribution in [0.4, 0.5) is 4.39 Å². The van der Waals surface area contributed by atoms with Crippen LogP contribution in [0.2, 0.25) is 0 Å². The summed E-state index contributed by atoms with van der Waals surface area (Å²) in [7, 11) is -0.938. The van der Waals surface area contributed by atoms with Crippen molar-refractivity contribution in [2.24, 2.45) is 11.1 Å². The third-order valence-electron chi connectivity index (χ3n) is 3.03. The predicted octanol–water partition coefficient (Wildman–Crippen LogP) is 1.86. The maximum absolute atomic E-state index is 13.3. The van der Waals surface area contributed by atoms with Gasteiger partial charge in [0.1, 0.15) is 0 Å². The van der Waals surface area contributed by atoms with Crippen molar-refractivity contribution < 1.29 is 17.5 Å². The molecular weight excluding hydrogens is 319 g/mol. The number of benzene rings is 1. The first-order chi connectivity index (χ1) is 9.14. The van der Waals surface area contributed by atoms with Gasteiger partial charge in [0, 0.05) is 19.7 Å². The van der Waals surface area contributed by atoms with Crippen LogP contribution in [-0.2, 0) is 10.0 Å². The van der Waals surface area contributed by atoms with Crippen LogP contribution in [0, 0.1) is 11.2 Å². The van der Waals surface area contributed by atoms with Gasteiger partial charge >= 0.3 is 0 Å². The summed E-state index contributed by atoms with van der Waals surface area (Å²) in [6.07, 6.45) is 0. The molecule has 0 heterocycles. The lowest BCUT2D eigenvalue weighted by molar-refractivity contribution is 0.292. The third-order valence-corrected chi connectivity index (χ3v) is 4.83. The molecule has 0 bridgehead atoms. The molecule has 0 aromatic heterocycles. The number of halogens is 2. The SMILES string of the molecule is COc1cc(S(=O)(=O)N(C)CC(C)(C)CN)ccc1F.Cl. The summed E-state index contributed by atoms with van der Waals surface area (Å²) in [6.45, 7) is 4.39. The van der Waals surface area contributed by atoms with Gasteiger partial charge in [-0.15, -0.1) is 12.4 Å². The molecule has 1 rings (SSSR count). The van der Waals surface area contributed by atoms with E-state index in [1.165, 1.54) is 30.6 Å². The van der Waals surface area contributed by atoms with E-state index in [1.54, 1.807) is 0 Å². The molecule has 1 aromatic carbocycles. The molecule has 8 heteroatoms. The fourth-order valence-corrected chi connectivity index (χ4v) is 3.11. The van der Waals surface area contributed by atoms with E-state index in [4.69, 9.17) is 10.5 Å². The zero-order chi connectivity index (χ0) is 15.6. The van der Waals surface area contributed by atoms with Crippen LogP contribution in [0.1, 0.15) is 13.8 Å². The van der Waals surface area contributed by atoms with E-state index in [0.29, 0.717) is 6.54 Å². The van der Waals surface area contributed by atoms with Gasteiger partial charge in [-0.2, -0.15) is 0 Å². The summed E-state index contributed by atoms with van der Waals surface area (Å²) in [5.41, 5.74) is 5.27. The Morgan fingerprint density at radius 3 is 2.43 bits per heavy atom. The summed E-state index contributed by atoms with van der Waals surface area (Å²) in [5, 5.41) is 0. The zero-order valence-electron chi connectivity index (χ0n) is 12.6. The molecule has 5 nitrogen and oxygen atoms in total. The summed E-state index contributed by atoms with van der Waals surface area (Å²) in [5.74, 6) is -0.700. The molecule has 0 aliphatic heterocycles. The molecule has 0 aliphatic rings. The minimum absolute atomic E-state index is 0. The highest BCUT2D eigenvalue weighted by molar-refractivity contribution is 7.89. The number of nitrogens with two attached hydrogens (primary N) is 1. The van der Waals surface area contributed by atoms with Crippen LogP contribution in [0.15, 0.2) is 23.1 Å². The van der Waals surface area contributed by atoms with Crippen molar-refractivity contribution in [1.29, 1.82) is 0 Å². The van der Waals surface area contributed by atoms with Gasteiger partial charge in [0.15, 0.2) is 11.6 Å². The van der Waals surface area contributed by atoms with Gasteiger partial charge in [0.25, 0.3) is 0 Å². The number of hydrogen-bond donors (Lipinski definition) is 1. The molecule has 0 aliphatic carbocycles. The van der Waals surface area contributed by atoms with Crippen LogP contribution in [0.5, 0.6) is 5.75 Å². The fraction of sp³-hybridized carbons (Fsp3) is 0.538. The number of rotatable bonds is 6. The second-order valence-electron chi connectivity index (χ2n) is 5.43. The quantitative estimate of drug-likeness (QED) is 0.858. The van der Waals surface area contributed by atoms with Crippen molar-refractivity contribution in [3.63, 3.8) is 0 Å². The van der Waals surface area contributed by atoms with Crippen LogP contribution in [-0.4, -0.2) is 40.0 Å². The Morgan fingerprint density at radius 1 is 1.38 bits per heavy atom. The first-order valence-electron chi connectivity index (χ1n) is 6.14. The lowest BCUT2D eigenvalue weighted by Crippen LogP contribution is -2.39. The standard InChI is InChI=1S/C13H21FN2O3S.ClH/c1-13(2,8-15)9-16(3)20(17,18)10-5-6-11(14)12(7-10)19-4;/h5-7H,8-9,15H2,1-4H3;1H. The molecule has 0 atom stereocenters. The Balaban J connectivity index is 0.00000400. The van der Waals surface area contributed by atoms with Crippen molar-refractivity contribution >= 4 is 22.4 Å². The zero-order valence-corrected chi connectivity index (χ0v) is 14.2. The monoisotopic (exact) mass is 340 g/mol. The minimum Gasteiger partial charge on any atom is -0.494 e. The van der Waals surface area contributed by atoms with Gasteiger partial charge in [0.05, 0.1) is 12.0 Å². The maximum Gasteiger partial charge on any atom is 0.242 e. The smallest absolute Gasteiger partial charge is 0.242 e. The Kier molecular flexibility index (Phi) is 7.08. The molecule has 122 valence electrons. The van der Waals surface area contributed by atoms with Crippen molar-refractivity contribution in [3.05, 3.63) is 24.0 Å². The summed E-state index contributed by atoms with van der Waals surface area (Å²) < 4.78 is 44.2. The number of methoxy groups -OCH3 is 1. The van der Waals surface area contributed by atoms with Gasteiger partial charge in [-0.05, 0) is 24.1 Å². The van der Waals surface area contributed by atoms with Crippen molar-refractivity contribution in [2.45, 2.75) is 18.7 Å². The first-order valence-corrected chi connectivity index (χ1v) is 7.58. The fourth-order valence-electron chi connectivity index (χ4n) is 1.73. The first kappa shape index (κ1) is 20.1. The van der Waals surface area contributed by atoms with E-state index < -0.39 is 15.8 Å². The average molecular weight is 341 g/mol. The second-order valence-corrected chi connectivity index (χ2v) is 7.47. The van der Waals surface area contributed by atoms with Gasteiger partial charge in [-0.1, -0.05) is 13.8 Å². The van der Waals surface area contributed by atoms with Crippen molar-refractivity contribution in [1.82, 2.24) is 4.31 Å². The van der Waals surface area contributed by atoms with E-state index in [9.17, 15) is 12.8 Å². The molecule has 0 fully saturated rings. The van der Waals surface area contributed by atoms with Crippen molar-refractivity contribution in [2.75, 3.05) is 27.2 Å². The summed E-state index contributed by atoms with van der Waals surface area (Å²) >= 11 is 0. The summed E-state index contributed by atoms with van der Waals surface area (Å²) in [4.78, 5) is -0.00827. The Morgan fingerprint density at radius 2 is 1.95 bits per heavy atom. The average Bonchev–Trinajstić information content (AvgIpc) is 2.38. The largest absolute Gasteiger partial charge is 0.494 e. The highest BCUT2D eigenvalue weighted by atomic mass is 35.5. The lowest BCUT2D eigenvalue weighted by atomic mass is 9.94. The second kappa shape index (κ2) is 7.40. The molecule has 0 spiro atoms. The highest BCUT2D eigenvalue weighted by Crippen LogP contribution is 2.25. The number of ether oxygens (including phenoxy) is 1. The van der Waals surface area contributed by atoms with Crippen molar-refractivity contribution in [3.8, 4) is 5.75 Å². The molecule has 0 saturated carbocycles. The van der Waals surface area contributed by atoms with E-state index in [-0.39, 0.29) is 35.0 Å². The van der Waals surface area contributed by atoms with Gasteiger partial charge < -0.3 is 10.5 Å². The maximum atomic E-state index is 13.3. The van der Waals surface area contributed by atoms with E-state index in [1.807, 2.05) is 13.8 Å². The normalized spacial score (nSPS) is 12.1. The molecule has 0 amide bonds. The molecule has 0 saturated heterocycles. The Bertz CT molecular complexity index is 579. The lowest BCUT2D eigenvalue weighted by Gasteiger charge is -2.28. The van der Waals surface area contributed by atoms with E-state index in [2.05, 4.69) is 0 Å². The van der Waals surface area contributed by atoms with Crippen LogP contribution >= 0.6 is 12.4 Å². The molecule has 0 radical (unpaired) electrons. The molecule has 0 unspecified atom stereocenters. The predicted molar refractivity (Wildman–Crippen MR) is 82.9 cm³/mol. The van der Waals surface area contributed by atoms with Crippen LogP contribution in [0.3, 0.4) is 0 Å². The van der Waals surface area contributed by atoms with Gasteiger partial charge in [-0.3, -0.25) is 0 Å². The van der Waals surface area contributed by atoms with E-state index >= 15 is 0 Å². The third kappa shape index (κ3) is 4.81. The molecule has 21 heavy (non-hydrogen) atoms. The summed E-state index contributed by atoms with van der Waals surface area (Å²) in [6, 6.07) is 3.48. The number of sulfonamides is 1. The molecular formula is C13H22ClFN2O3S. The highest BCUT2D eigenvalue weighted by Gasteiger charge is 2.27. The van der Waals surface area contributed by atoms with Crippen LogP contribution in [0.25, 0.3) is 0 Å². The van der Waals surface area contributed by atoms with Gasteiger partial charge in [-0.25, -0.2) is 17.1 Å². The Labute approximate surface area is 131 Å². The van der Waals surface area contributed by atoms with Crippen LogP contribution < -0.4 is 10.5 Å². The van der Waals surface area contributed by atoms with Gasteiger partial charge in [0.2, 0.25) is 10.0 Å². The van der Waals surface area contributed by atoms with E-state index in [0.717, 1.165) is 6.07 Å². The number of hydrogen-bond acceptors (Lipinski definition) is 4. The molecule has 2 N–H and O–H groups in total. The Hall–Kier alpha value is -0.890. The minimum atomic E-state index is -3.70. The topological polar surface area (TPSA) is 72.6 Å².